The van der Waals surface area contributed by atoms with Crippen LogP contribution in [0.4, 0.5) is 22.0 Å². The molecule has 0 saturated heterocycles. The Morgan fingerprint density at radius 1 is 1.00 bits per heavy atom. The number of aliphatic hydroxyl groups excluding tert-OH is 1. The van der Waals surface area contributed by atoms with Crippen LogP contribution in [0.15, 0.2) is 53.3 Å². The van der Waals surface area contributed by atoms with Crippen molar-refractivity contribution in [1.29, 1.82) is 0 Å². The van der Waals surface area contributed by atoms with E-state index in [4.69, 9.17) is 4.42 Å². The minimum atomic E-state index is -5.86. The summed E-state index contributed by atoms with van der Waals surface area (Å²) in [4.78, 5) is 8.17. The number of hydrogen-bond donors (Lipinski definition) is 1. The highest BCUT2D eigenvalue weighted by atomic mass is 19.4. The first-order chi connectivity index (χ1) is 16.6. The lowest BCUT2D eigenvalue weighted by atomic mass is 9.99. The molecule has 1 N–H and O–H groups in total. The summed E-state index contributed by atoms with van der Waals surface area (Å²) < 4.78 is 75.6. The van der Waals surface area contributed by atoms with E-state index in [0.29, 0.717) is 10.9 Å². The van der Waals surface area contributed by atoms with Gasteiger partial charge in [0, 0.05) is 18.4 Å². The molecule has 4 aromatic heterocycles. The van der Waals surface area contributed by atoms with Gasteiger partial charge in [0.2, 0.25) is 6.39 Å². The van der Waals surface area contributed by atoms with E-state index in [1.165, 1.54) is 4.40 Å². The predicted octanol–water partition coefficient (Wildman–Crippen LogP) is 5.10. The lowest BCUT2D eigenvalue weighted by Crippen LogP contribution is -2.34. The van der Waals surface area contributed by atoms with E-state index in [1.54, 1.807) is 36.4 Å². The number of aromatic nitrogens is 5. The molecule has 12 heteroatoms. The smallest absolute Gasteiger partial charge is 0.422 e. The van der Waals surface area contributed by atoms with E-state index in [0.717, 1.165) is 18.0 Å². The number of aryl methyl sites for hydroxylation is 1. The molecular weight excluding hydrogens is 473 g/mol. The Morgan fingerprint density at radius 2 is 1.74 bits per heavy atom. The Kier molecular flexibility index (Phi) is 5.28. The predicted molar refractivity (Wildman–Crippen MR) is 115 cm³/mol. The molecule has 5 aromatic rings. The molecule has 7 nitrogen and oxygen atoms in total. The minimum absolute atomic E-state index is 0.000772. The molecule has 4 heterocycles. The van der Waals surface area contributed by atoms with E-state index < -0.39 is 17.8 Å². The lowest BCUT2D eigenvalue weighted by Gasteiger charge is -2.21. The first kappa shape index (κ1) is 22.8. The van der Waals surface area contributed by atoms with Crippen molar-refractivity contribution in [2.24, 2.45) is 0 Å². The highest BCUT2D eigenvalue weighted by Crippen LogP contribution is 2.45. The molecule has 0 unspecified atom stereocenters. The number of pyridine rings is 2. The first-order valence-corrected chi connectivity index (χ1v) is 10.4. The molecule has 0 spiro atoms. The van der Waals surface area contributed by atoms with Crippen LogP contribution in [0.5, 0.6) is 0 Å². The zero-order valence-electron chi connectivity index (χ0n) is 18.0. The molecule has 5 rings (SSSR count). The molecule has 0 fully saturated rings. The van der Waals surface area contributed by atoms with Gasteiger partial charge in [-0.15, -0.1) is 10.2 Å². The summed E-state index contributed by atoms with van der Waals surface area (Å²) in [6, 6.07) is 10.6. The van der Waals surface area contributed by atoms with Gasteiger partial charge >= 0.3 is 12.1 Å². The molecule has 35 heavy (non-hydrogen) atoms. The van der Waals surface area contributed by atoms with Crippen molar-refractivity contribution in [3.8, 4) is 22.7 Å². The summed E-state index contributed by atoms with van der Waals surface area (Å²) in [5.41, 5.74) is 0.456. The topological polar surface area (TPSA) is 89.3 Å². The number of rotatable bonds is 5. The van der Waals surface area contributed by atoms with Crippen LogP contribution in [0, 0.1) is 6.92 Å². The maximum absolute atomic E-state index is 14.5. The van der Waals surface area contributed by atoms with Crippen LogP contribution < -0.4 is 0 Å². The van der Waals surface area contributed by atoms with Gasteiger partial charge in [-0.2, -0.15) is 22.0 Å². The number of imidazole rings is 1. The summed E-state index contributed by atoms with van der Waals surface area (Å²) in [7, 11) is 0. The second-order valence-corrected chi connectivity index (χ2v) is 7.88. The molecule has 0 aliphatic carbocycles. The minimum Gasteiger partial charge on any atom is -0.422 e. The molecule has 0 aliphatic heterocycles. The molecule has 0 saturated carbocycles. The van der Waals surface area contributed by atoms with Crippen LogP contribution in [0.1, 0.15) is 17.0 Å². The molecule has 0 atom stereocenters. The van der Waals surface area contributed by atoms with Crippen LogP contribution in [0.25, 0.3) is 39.4 Å². The highest BCUT2D eigenvalue weighted by Gasteiger charge is 2.60. The van der Waals surface area contributed by atoms with Crippen molar-refractivity contribution < 1.29 is 31.5 Å². The Labute approximate surface area is 193 Å². The van der Waals surface area contributed by atoms with Gasteiger partial charge in [-0.1, -0.05) is 29.8 Å². The normalized spacial score (nSPS) is 12.7. The fraction of sp³-hybridized carbons (Fsp3) is 0.217. The van der Waals surface area contributed by atoms with Gasteiger partial charge < -0.3 is 9.52 Å². The lowest BCUT2D eigenvalue weighted by molar-refractivity contribution is -0.290. The summed E-state index contributed by atoms with van der Waals surface area (Å²) in [6.45, 7) is 1.46. The number of fused-ring (bicyclic) bond motifs is 3. The molecule has 1 aromatic carbocycles. The Hall–Kier alpha value is -3.93. The quantitative estimate of drug-likeness (QED) is 0.346. The van der Waals surface area contributed by atoms with E-state index in [9.17, 15) is 27.1 Å². The number of benzene rings is 1. The van der Waals surface area contributed by atoms with Gasteiger partial charge in [0.15, 0.2) is 0 Å². The van der Waals surface area contributed by atoms with Crippen molar-refractivity contribution in [2.75, 3.05) is 6.61 Å². The standard InChI is InChI=1S/C23H16F5N5O2/c1-12-2-4-13(5-3-12)15-10-17(22(24,25)23(26,27)28)30-20-14(15)6-7-18-31-19(21-32-29-11-35-21)16(8-9-34)33(18)20/h2-7,10-11,34H,8-9H2,1H3. The van der Waals surface area contributed by atoms with Crippen LogP contribution >= 0.6 is 0 Å². The molecule has 0 bridgehead atoms. The van der Waals surface area contributed by atoms with Crippen LogP contribution in [0.2, 0.25) is 0 Å². The Balaban J connectivity index is 1.91. The number of nitrogens with zero attached hydrogens (tertiary/aromatic N) is 5. The maximum atomic E-state index is 14.5. The Bertz CT molecular complexity index is 1530. The molecular formula is C23H16F5N5O2. The van der Waals surface area contributed by atoms with E-state index >= 15 is 0 Å². The molecule has 0 aliphatic rings. The third-order valence-electron chi connectivity index (χ3n) is 5.60. The van der Waals surface area contributed by atoms with Crippen molar-refractivity contribution >= 4 is 16.7 Å². The van der Waals surface area contributed by atoms with E-state index in [2.05, 4.69) is 20.2 Å². The van der Waals surface area contributed by atoms with Gasteiger partial charge in [-0.25, -0.2) is 9.97 Å². The van der Waals surface area contributed by atoms with Crippen molar-refractivity contribution in [3.05, 3.63) is 65.8 Å². The van der Waals surface area contributed by atoms with Crippen molar-refractivity contribution in [1.82, 2.24) is 24.6 Å². The third-order valence-corrected chi connectivity index (χ3v) is 5.60. The van der Waals surface area contributed by atoms with Crippen LogP contribution in [0.3, 0.4) is 0 Å². The molecule has 0 amide bonds. The van der Waals surface area contributed by atoms with E-state index in [1.807, 2.05) is 6.92 Å². The van der Waals surface area contributed by atoms with Gasteiger partial charge in [0.25, 0.3) is 5.89 Å². The summed E-state index contributed by atoms with van der Waals surface area (Å²) in [5, 5.41) is 17.4. The fourth-order valence-electron chi connectivity index (χ4n) is 3.92. The SMILES string of the molecule is Cc1ccc(-c2cc(C(F)(F)C(F)(F)F)nc3c2ccc2nc(-c4nnco4)c(CCO)n23)cc1. The van der Waals surface area contributed by atoms with Gasteiger partial charge in [0.1, 0.15) is 22.7 Å². The summed E-state index contributed by atoms with van der Waals surface area (Å²) >= 11 is 0. The average molecular weight is 489 g/mol. The van der Waals surface area contributed by atoms with E-state index in [-0.39, 0.29) is 47.2 Å². The van der Waals surface area contributed by atoms with Gasteiger partial charge in [0.05, 0.1) is 5.69 Å². The number of alkyl halides is 5. The number of hydrogen-bond acceptors (Lipinski definition) is 6. The summed E-state index contributed by atoms with van der Waals surface area (Å²) in [5.74, 6) is -5.21. The summed E-state index contributed by atoms with van der Waals surface area (Å²) in [6.07, 6.45) is -4.82. The monoisotopic (exact) mass is 489 g/mol. The number of aliphatic hydroxyl groups is 1. The number of halogens is 5. The maximum Gasteiger partial charge on any atom is 0.459 e. The average Bonchev–Trinajstić information content (AvgIpc) is 3.46. The van der Waals surface area contributed by atoms with Crippen molar-refractivity contribution in [3.63, 3.8) is 0 Å². The molecule has 0 radical (unpaired) electrons. The van der Waals surface area contributed by atoms with Gasteiger partial charge in [-0.3, -0.25) is 4.40 Å². The van der Waals surface area contributed by atoms with Crippen LogP contribution in [-0.4, -0.2) is 42.5 Å². The van der Waals surface area contributed by atoms with Gasteiger partial charge in [-0.05, 0) is 36.2 Å². The molecule has 180 valence electrons. The fourth-order valence-corrected chi connectivity index (χ4v) is 3.92. The Morgan fingerprint density at radius 3 is 2.37 bits per heavy atom. The van der Waals surface area contributed by atoms with Crippen molar-refractivity contribution in [2.45, 2.75) is 25.4 Å². The second-order valence-electron chi connectivity index (χ2n) is 7.88. The highest BCUT2D eigenvalue weighted by molar-refractivity contribution is 5.95. The first-order valence-electron chi connectivity index (χ1n) is 10.4. The third kappa shape index (κ3) is 3.70. The van der Waals surface area contributed by atoms with Crippen LogP contribution in [-0.2, 0) is 12.3 Å². The zero-order chi connectivity index (χ0) is 25.0. The largest absolute Gasteiger partial charge is 0.459 e. The zero-order valence-corrected chi connectivity index (χ0v) is 18.0. The second kappa shape index (κ2) is 8.08.